The Kier molecular flexibility index (Phi) is 13.9. The number of rotatable bonds is 4. The molecule has 0 aromatic rings. The molecule has 3 N–H and O–H groups in total. The Morgan fingerprint density at radius 3 is 1.23 bits per heavy atom. The molecule has 0 aromatic heterocycles. The maximum Gasteiger partial charge on any atom is 1.00 e. The van der Waals surface area contributed by atoms with Crippen molar-refractivity contribution < 1.29 is 73.9 Å². The molecule has 0 saturated heterocycles. The van der Waals surface area contributed by atoms with Crippen LogP contribution in [0.25, 0.3) is 0 Å². The first-order valence-corrected chi connectivity index (χ1v) is 8.87. The molecule has 0 bridgehead atoms. The molecular weight excluding hydrogens is 399 g/mol. The second-order valence-electron chi connectivity index (χ2n) is 4.49. The Labute approximate surface area is 180 Å². The van der Waals surface area contributed by atoms with Gasteiger partial charge in [-0.15, -0.1) is 0 Å². The Morgan fingerprint density at radius 1 is 0.731 bits per heavy atom. The predicted molar refractivity (Wildman–Crippen MR) is 89.9 cm³/mol. The minimum atomic E-state index is -1.12. The number of aliphatic carboxylic acids is 2. The Bertz CT molecular complexity index is 578. The van der Waals surface area contributed by atoms with E-state index in [1.165, 1.54) is 37.7 Å². The summed E-state index contributed by atoms with van der Waals surface area (Å²) < 4.78 is 9.08. The van der Waals surface area contributed by atoms with Crippen LogP contribution >= 0.6 is 23.5 Å². The summed E-state index contributed by atoms with van der Waals surface area (Å²) in [7, 11) is 2.60. The summed E-state index contributed by atoms with van der Waals surface area (Å²) in [4.78, 5) is 43.1. The molecular formula is C14H17NaO9S2. The minimum Gasteiger partial charge on any atom is -0.870 e. The molecule has 0 aromatic carbocycles. The van der Waals surface area contributed by atoms with Crippen molar-refractivity contribution in [1.82, 2.24) is 0 Å². The van der Waals surface area contributed by atoms with E-state index < -0.39 is 23.9 Å². The molecule has 0 unspecified atom stereocenters. The van der Waals surface area contributed by atoms with E-state index in [2.05, 4.69) is 9.47 Å². The fourth-order valence-electron chi connectivity index (χ4n) is 1.85. The summed E-state index contributed by atoms with van der Waals surface area (Å²) in [6, 6.07) is 0. The van der Waals surface area contributed by atoms with Crippen LogP contribution < -0.4 is 29.6 Å². The van der Waals surface area contributed by atoms with Crippen LogP contribution in [0.3, 0.4) is 0 Å². The topological polar surface area (TPSA) is 157 Å². The molecule has 26 heavy (non-hydrogen) atoms. The van der Waals surface area contributed by atoms with Crippen molar-refractivity contribution in [2.75, 3.05) is 37.2 Å². The van der Waals surface area contributed by atoms with Gasteiger partial charge < -0.3 is 25.2 Å². The molecule has 0 amide bonds. The first kappa shape index (κ1) is 27.2. The maximum absolute atomic E-state index is 11.1. The summed E-state index contributed by atoms with van der Waals surface area (Å²) in [5.74, 6) is -1.46. The fraction of sp³-hybridized carbons (Fsp3) is 0.429. The number of esters is 2. The van der Waals surface area contributed by atoms with Crippen LogP contribution in [0.5, 0.6) is 0 Å². The van der Waals surface area contributed by atoms with Crippen LogP contribution in [-0.4, -0.2) is 76.8 Å². The van der Waals surface area contributed by atoms with E-state index in [1.54, 1.807) is 0 Å². The number of hydrogen-bond donors (Lipinski definition) is 2. The van der Waals surface area contributed by atoms with Crippen molar-refractivity contribution in [3.05, 3.63) is 22.3 Å². The normalized spacial score (nSPS) is 15.2. The van der Waals surface area contributed by atoms with Crippen molar-refractivity contribution in [3.63, 3.8) is 0 Å². The zero-order valence-electron chi connectivity index (χ0n) is 14.4. The quantitative estimate of drug-likeness (QED) is 0.366. The predicted octanol–water partition coefficient (Wildman–Crippen LogP) is -2.60. The molecule has 0 atom stereocenters. The van der Waals surface area contributed by atoms with Gasteiger partial charge in [0, 0.05) is 23.0 Å². The van der Waals surface area contributed by atoms with Gasteiger partial charge in [-0.3, -0.25) is 0 Å². The molecule has 2 aliphatic heterocycles. The summed E-state index contributed by atoms with van der Waals surface area (Å²) in [5, 5.41) is 17.0. The molecule has 2 aliphatic rings. The van der Waals surface area contributed by atoms with Crippen molar-refractivity contribution in [2.24, 2.45) is 0 Å². The minimum absolute atomic E-state index is 0. The summed E-state index contributed by atoms with van der Waals surface area (Å²) in [6.45, 7) is 0. The molecule has 0 spiro atoms. The average molecular weight is 416 g/mol. The van der Waals surface area contributed by atoms with Gasteiger partial charge in [0.05, 0.1) is 36.5 Å². The van der Waals surface area contributed by atoms with E-state index in [9.17, 15) is 19.2 Å². The third-order valence-electron chi connectivity index (χ3n) is 3.09. The van der Waals surface area contributed by atoms with Crippen LogP contribution in [0.1, 0.15) is 0 Å². The third kappa shape index (κ3) is 7.33. The van der Waals surface area contributed by atoms with E-state index in [-0.39, 0.29) is 46.2 Å². The zero-order chi connectivity index (χ0) is 18.3. The van der Waals surface area contributed by atoms with Gasteiger partial charge in [0.25, 0.3) is 0 Å². The monoisotopic (exact) mass is 416 g/mol. The van der Waals surface area contributed by atoms with E-state index in [0.717, 1.165) is 0 Å². The summed E-state index contributed by atoms with van der Waals surface area (Å²) >= 11 is 2.81. The molecule has 2 rings (SSSR count). The van der Waals surface area contributed by atoms with Crippen molar-refractivity contribution in [2.45, 2.75) is 0 Å². The van der Waals surface area contributed by atoms with Gasteiger partial charge in [0.1, 0.15) is 0 Å². The first-order chi connectivity index (χ1) is 11.3. The summed E-state index contributed by atoms with van der Waals surface area (Å²) in [6.07, 6.45) is 0. The van der Waals surface area contributed by atoms with Gasteiger partial charge in [0.2, 0.25) is 0 Å². The number of thioether (sulfide) groups is 2. The second-order valence-corrected chi connectivity index (χ2v) is 6.46. The van der Waals surface area contributed by atoms with Crippen LogP contribution in [0.15, 0.2) is 22.3 Å². The number of carbonyl (C=O) groups excluding carboxylic acids is 2. The van der Waals surface area contributed by atoms with E-state index in [4.69, 9.17) is 10.2 Å². The summed E-state index contributed by atoms with van der Waals surface area (Å²) in [5.41, 5.74) is 0.920. The molecule has 0 fully saturated rings. The molecule has 0 saturated carbocycles. The number of carboxylic acids is 2. The van der Waals surface area contributed by atoms with Crippen molar-refractivity contribution in [1.29, 1.82) is 0 Å². The molecule has 9 nitrogen and oxygen atoms in total. The Balaban J connectivity index is 0. The van der Waals surface area contributed by atoms with E-state index >= 15 is 0 Å². The van der Waals surface area contributed by atoms with E-state index in [1.807, 2.05) is 0 Å². The Morgan fingerprint density at radius 2 is 1.00 bits per heavy atom. The maximum atomic E-state index is 11.1. The molecule has 12 heteroatoms. The van der Waals surface area contributed by atoms with Crippen molar-refractivity contribution >= 4 is 47.4 Å². The second kappa shape index (κ2) is 13.2. The smallest absolute Gasteiger partial charge is 0.870 e. The van der Waals surface area contributed by atoms with Crippen LogP contribution in [0.4, 0.5) is 0 Å². The van der Waals surface area contributed by atoms with Gasteiger partial charge in [-0.05, 0) is 0 Å². The van der Waals surface area contributed by atoms with Crippen molar-refractivity contribution in [3.8, 4) is 0 Å². The third-order valence-corrected chi connectivity index (χ3v) is 5.07. The van der Waals surface area contributed by atoms with Gasteiger partial charge in [-0.2, -0.15) is 23.5 Å². The molecule has 140 valence electrons. The number of carbonyl (C=O) groups is 4. The zero-order valence-corrected chi connectivity index (χ0v) is 18.1. The van der Waals surface area contributed by atoms with Crippen LogP contribution in [0, 0.1) is 0 Å². The molecule has 0 aliphatic carbocycles. The van der Waals surface area contributed by atoms with Gasteiger partial charge in [-0.1, -0.05) is 0 Å². The average Bonchev–Trinajstić information content (AvgIpc) is 3.22. The largest absolute Gasteiger partial charge is 1.00 e. The standard InChI is InChI=1S/C8H10O4S.C6H6O4S.Na.H2O/c1-11-7(9)5-3-13-4-6(5)8(10)12-2;7-5(8)3-1-11-2-4(3)6(9)10;;/h3-4H2,1-2H3;1-2H2,(H,7,8)(H,9,10);;1H2/q;;+1;/p-1. The fourth-order valence-corrected chi connectivity index (χ4v) is 4.05. The van der Waals surface area contributed by atoms with Gasteiger partial charge in [-0.25, -0.2) is 19.2 Å². The van der Waals surface area contributed by atoms with Gasteiger partial charge >= 0.3 is 53.4 Å². The number of ether oxygens (including phenoxy) is 2. The Hall–Kier alpha value is -0.980. The molecule has 2 heterocycles. The van der Waals surface area contributed by atoms with E-state index in [0.29, 0.717) is 34.2 Å². The van der Waals surface area contributed by atoms with Crippen LogP contribution in [0.2, 0.25) is 0 Å². The van der Waals surface area contributed by atoms with Gasteiger partial charge in [0.15, 0.2) is 0 Å². The number of carboxylic acid groups (broad SMARTS) is 2. The molecule has 0 radical (unpaired) electrons. The SMILES string of the molecule is COC(=O)C1=C(C(=O)OC)CSC1.O=C(O)C1=C(C(=O)O)CSC1.[Na+].[OH-]. The number of methoxy groups -OCH3 is 2. The number of hydrogen-bond acceptors (Lipinski definition) is 9. The van der Waals surface area contributed by atoms with Crippen LogP contribution in [-0.2, 0) is 28.7 Å². The first-order valence-electron chi connectivity index (χ1n) is 6.56.